The molecule has 0 aliphatic heterocycles. The Morgan fingerprint density at radius 3 is 1.05 bits per heavy atom. The lowest BCUT2D eigenvalue weighted by molar-refractivity contribution is -0.697. The highest BCUT2D eigenvalue weighted by atomic mass is 14.9. The lowest BCUT2D eigenvalue weighted by Crippen LogP contribution is -2.33. The minimum Gasteiger partial charge on any atom is -0.205 e. The summed E-state index contributed by atoms with van der Waals surface area (Å²) in [7, 11) is 0. The van der Waals surface area contributed by atoms with E-state index in [0.717, 1.165) is 0 Å². The second-order valence-electron chi connectivity index (χ2n) is 13.8. The van der Waals surface area contributed by atoms with Crippen molar-refractivity contribution in [3.63, 3.8) is 0 Å². The molecule has 0 aliphatic rings. The molecule has 0 bridgehead atoms. The van der Waals surface area contributed by atoms with Crippen molar-refractivity contribution in [2.24, 2.45) is 0 Å². The van der Waals surface area contributed by atoms with Gasteiger partial charge >= 0.3 is 0 Å². The maximum absolute atomic E-state index is 2.53. The lowest BCUT2D eigenvalue weighted by atomic mass is 9.97. The summed E-state index contributed by atoms with van der Waals surface area (Å²) in [6, 6.07) is 2.48. The van der Waals surface area contributed by atoms with Gasteiger partial charge in [-0.25, -0.2) is 4.57 Å². The normalized spacial score (nSPS) is 11.5. The van der Waals surface area contributed by atoms with Gasteiger partial charge in [-0.3, -0.25) is 0 Å². The average molecular weight is 585 g/mol. The molecule has 0 aromatic carbocycles. The molecule has 0 atom stereocenters. The van der Waals surface area contributed by atoms with Gasteiger partial charge in [0, 0.05) is 18.1 Å². The summed E-state index contributed by atoms with van der Waals surface area (Å²) in [4.78, 5) is 0. The van der Waals surface area contributed by atoms with Crippen LogP contribution < -0.4 is 4.57 Å². The predicted octanol–water partition coefficient (Wildman–Crippen LogP) is 13.8. The van der Waals surface area contributed by atoms with E-state index in [4.69, 9.17) is 0 Å². The number of aromatic nitrogens is 1. The molecule has 0 aliphatic carbocycles. The Morgan fingerprint density at radius 2 is 0.667 bits per heavy atom. The SMILES string of the molecule is CCCCCCCCCCCCCCCc1cc[n+](CCCCCC)cc1CCCCCCCCCCCCCCC. The van der Waals surface area contributed by atoms with E-state index in [9.17, 15) is 0 Å². The average Bonchev–Trinajstić information content (AvgIpc) is 3.00. The van der Waals surface area contributed by atoms with Gasteiger partial charge in [0.1, 0.15) is 6.54 Å². The van der Waals surface area contributed by atoms with Gasteiger partial charge in [0.15, 0.2) is 12.4 Å². The third kappa shape index (κ3) is 24.6. The first-order chi connectivity index (χ1) is 20.8. The number of aryl methyl sites for hydroxylation is 3. The Labute approximate surface area is 266 Å². The molecule has 0 spiro atoms. The number of unbranched alkanes of at least 4 members (excludes halogenated alkanes) is 27. The topological polar surface area (TPSA) is 3.88 Å². The van der Waals surface area contributed by atoms with Gasteiger partial charge in [0.05, 0.1) is 0 Å². The molecule has 1 aromatic heterocycles. The molecule has 1 rings (SSSR count). The number of rotatable bonds is 33. The van der Waals surface area contributed by atoms with E-state index in [1.165, 1.54) is 212 Å². The second kappa shape index (κ2) is 31.6. The molecule has 42 heavy (non-hydrogen) atoms. The third-order valence-electron chi connectivity index (χ3n) is 9.57. The lowest BCUT2D eigenvalue weighted by Gasteiger charge is -2.10. The fourth-order valence-electron chi connectivity index (χ4n) is 6.61. The number of nitrogens with zero attached hydrogens (tertiary/aromatic N) is 1. The Kier molecular flexibility index (Phi) is 29.4. The largest absolute Gasteiger partial charge is 0.205 e. The third-order valence-corrected chi connectivity index (χ3v) is 9.57. The molecule has 0 N–H and O–H groups in total. The van der Waals surface area contributed by atoms with Crippen LogP contribution in [0, 0.1) is 0 Å². The molecule has 1 aromatic rings. The van der Waals surface area contributed by atoms with E-state index in [0.29, 0.717) is 0 Å². The predicted molar refractivity (Wildman–Crippen MR) is 190 cm³/mol. The van der Waals surface area contributed by atoms with Gasteiger partial charge in [0.2, 0.25) is 0 Å². The summed E-state index contributed by atoms with van der Waals surface area (Å²) in [6.45, 7) is 8.13. The van der Waals surface area contributed by atoms with Crippen LogP contribution in [-0.2, 0) is 19.4 Å². The number of pyridine rings is 1. The summed E-state index contributed by atoms with van der Waals surface area (Å²) in [6.07, 6.45) is 50.4. The van der Waals surface area contributed by atoms with Crippen LogP contribution in [0.2, 0.25) is 0 Å². The maximum atomic E-state index is 2.53. The summed E-state index contributed by atoms with van der Waals surface area (Å²) < 4.78 is 2.50. The molecule has 1 heterocycles. The van der Waals surface area contributed by atoms with Crippen LogP contribution in [0.1, 0.15) is 225 Å². The highest BCUT2D eigenvalue weighted by Crippen LogP contribution is 2.18. The Balaban J connectivity index is 2.24. The van der Waals surface area contributed by atoms with Crippen molar-refractivity contribution in [1.82, 2.24) is 0 Å². The van der Waals surface area contributed by atoms with Crippen molar-refractivity contribution in [3.05, 3.63) is 29.6 Å². The highest BCUT2D eigenvalue weighted by molar-refractivity contribution is 5.21. The Hall–Kier alpha value is -0.850. The first-order valence-electron chi connectivity index (χ1n) is 19.8. The molecular formula is C41H78N+. The molecule has 0 saturated heterocycles. The monoisotopic (exact) mass is 585 g/mol. The van der Waals surface area contributed by atoms with E-state index >= 15 is 0 Å². The molecule has 1 heteroatoms. The van der Waals surface area contributed by atoms with E-state index in [2.05, 4.69) is 43.8 Å². The first-order valence-corrected chi connectivity index (χ1v) is 19.8. The summed E-state index contributed by atoms with van der Waals surface area (Å²) >= 11 is 0. The van der Waals surface area contributed by atoms with Crippen LogP contribution in [-0.4, -0.2) is 0 Å². The van der Waals surface area contributed by atoms with Gasteiger partial charge in [-0.15, -0.1) is 0 Å². The molecular weight excluding hydrogens is 506 g/mol. The minimum atomic E-state index is 1.20. The van der Waals surface area contributed by atoms with Gasteiger partial charge in [-0.05, 0) is 37.7 Å². The molecule has 0 radical (unpaired) electrons. The molecule has 0 amide bonds. The number of hydrogen-bond acceptors (Lipinski definition) is 0. The van der Waals surface area contributed by atoms with Gasteiger partial charge < -0.3 is 0 Å². The molecule has 0 unspecified atom stereocenters. The van der Waals surface area contributed by atoms with E-state index in [1.807, 2.05) is 0 Å². The quantitative estimate of drug-likeness (QED) is 0.0571. The highest BCUT2D eigenvalue weighted by Gasteiger charge is 2.10. The second-order valence-corrected chi connectivity index (χ2v) is 13.8. The number of hydrogen-bond donors (Lipinski definition) is 0. The van der Waals surface area contributed by atoms with Gasteiger partial charge in [-0.2, -0.15) is 0 Å². The molecule has 1 nitrogen and oxygen atoms in total. The molecule has 0 saturated carbocycles. The van der Waals surface area contributed by atoms with Crippen LogP contribution in [0.15, 0.2) is 18.5 Å². The van der Waals surface area contributed by atoms with E-state index in [1.54, 1.807) is 11.1 Å². The van der Waals surface area contributed by atoms with E-state index < -0.39 is 0 Å². The Bertz CT molecular complexity index is 665. The summed E-state index contributed by atoms with van der Waals surface area (Å²) in [5.41, 5.74) is 3.32. The molecule has 246 valence electrons. The van der Waals surface area contributed by atoms with Crippen LogP contribution >= 0.6 is 0 Å². The first kappa shape index (κ1) is 39.2. The van der Waals surface area contributed by atoms with E-state index in [-0.39, 0.29) is 0 Å². The van der Waals surface area contributed by atoms with Crippen LogP contribution in [0.3, 0.4) is 0 Å². The standard InChI is InChI=1S/C41H78N/c1-4-7-10-13-15-17-19-21-23-25-27-29-31-34-40-36-38-42(37-33-12-9-6-3)39-41(40)35-32-30-28-26-24-22-20-18-16-14-11-8-5-2/h36,38-39H,4-35,37H2,1-3H3/q+1. The minimum absolute atomic E-state index is 1.20. The van der Waals surface area contributed by atoms with Crippen LogP contribution in [0.5, 0.6) is 0 Å². The van der Waals surface area contributed by atoms with Crippen molar-refractivity contribution in [2.75, 3.05) is 0 Å². The van der Waals surface area contributed by atoms with Crippen LogP contribution in [0.25, 0.3) is 0 Å². The van der Waals surface area contributed by atoms with Crippen molar-refractivity contribution in [2.45, 2.75) is 233 Å². The smallest absolute Gasteiger partial charge is 0.172 e. The Morgan fingerprint density at radius 1 is 0.357 bits per heavy atom. The van der Waals surface area contributed by atoms with Crippen molar-refractivity contribution in [3.8, 4) is 0 Å². The van der Waals surface area contributed by atoms with Crippen molar-refractivity contribution < 1.29 is 4.57 Å². The summed E-state index contributed by atoms with van der Waals surface area (Å²) in [5.74, 6) is 0. The van der Waals surface area contributed by atoms with Crippen LogP contribution in [0.4, 0.5) is 0 Å². The zero-order valence-corrected chi connectivity index (χ0v) is 29.5. The zero-order valence-electron chi connectivity index (χ0n) is 29.5. The van der Waals surface area contributed by atoms with Crippen molar-refractivity contribution >= 4 is 0 Å². The fourth-order valence-corrected chi connectivity index (χ4v) is 6.61. The zero-order chi connectivity index (χ0) is 30.2. The maximum Gasteiger partial charge on any atom is 0.172 e. The van der Waals surface area contributed by atoms with Gasteiger partial charge in [0.25, 0.3) is 0 Å². The van der Waals surface area contributed by atoms with Crippen molar-refractivity contribution in [1.29, 1.82) is 0 Å². The molecule has 0 fully saturated rings. The van der Waals surface area contributed by atoms with Gasteiger partial charge in [-0.1, -0.05) is 188 Å². The fraction of sp³-hybridized carbons (Fsp3) is 0.878. The summed E-state index contributed by atoms with van der Waals surface area (Å²) in [5, 5.41) is 0.